The second-order valence-electron chi connectivity index (χ2n) is 4.81. The van der Waals surface area contributed by atoms with E-state index in [1.165, 1.54) is 12.4 Å². The highest BCUT2D eigenvalue weighted by Crippen LogP contribution is 2.36. The second kappa shape index (κ2) is 4.07. The zero-order valence-corrected chi connectivity index (χ0v) is 9.49. The molecule has 5 nitrogen and oxygen atoms in total. The summed E-state index contributed by atoms with van der Waals surface area (Å²) in [6.07, 6.45) is 7.73. The Morgan fingerprint density at radius 2 is 2.00 bits per heavy atom. The van der Waals surface area contributed by atoms with Gasteiger partial charge in [-0.1, -0.05) is 0 Å². The molecule has 0 aromatic carbocycles. The molecule has 0 aliphatic carbocycles. The molecule has 0 radical (unpaired) electrons. The molecular weight excluding hydrogens is 218 g/mol. The zero-order valence-electron chi connectivity index (χ0n) is 9.49. The van der Waals surface area contributed by atoms with E-state index in [9.17, 15) is 9.90 Å². The van der Waals surface area contributed by atoms with Crippen LogP contribution < -0.4 is 0 Å². The van der Waals surface area contributed by atoms with Gasteiger partial charge in [-0.05, 0) is 25.7 Å². The van der Waals surface area contributed by atoms with E-state index in [4.69, 9.17) is 0 Å². The summed E-state index contributed by atoms with van der Waals surface area (Å²) >= 11 is 0. The van der Waals surface area contributed by atoms with Crippen molar-refractivity contribution in [3.05, 3.63) is 24.3 Å². The molecule has 90 valence electrons. The van der Waals surface area contributed by atoms with Crippen molar-refractivity contribution in [2.75, 3.05) is 0 Å². The molecule has 2 fully saturated rings. The summed E-state index contributed by atoms with van der Waals surface area (Å²) in [6, 6.07) is 0.358. The maximum absolute atomic E-state index is 12.3. The Kier molecular flexibility index (Phi) is 2.55. The van der Waals surface area contributed by atoms with Crippen molar-refractivity contribution in [1.29, 1.82) is 0 Å². The van der Waals surface area contributed by atoms with Crippen molar-refractivity contribution in [2.45, 2.75) is 43.9 Å². The molecule has 17 heavy (non-hydrogen) atoms. The van der Waals surface area contributed by atoms with E-state index >= 15 is 0 Å². The monoisotopic (exact) mass is 233 g/mol. The summed E-state index contributed by atoms with van der Waals surface area (Å²) in [5.74, 6) is -0.0440. The number of piperidine rings is 1. The first-order valence-electron chi connectivity index (χ1n) is 6.02. The maximum atomic E-state index is 12.3. The first kappa shape index (κ1) is 10.7. The predicted octanol–water partition coefficient (Wildman–Crippen LogP) is 0.604. The number of carbonyl (C=O) groups excluding carboxylic acids is 1. The van der Waals surface area contributed by atoms with Gasteiger partial charge in [0.25, 0.3) is 5.91 Å². The van der Waals surface area contributed by atoms with E-state index in [0.29, 0.717) is 18.5 Å². The second-order valence-corrected chi connectivity index (χ2v) is 4.81. The molecule has 2 aliphatic heterocycles. The number of aromatic nitrogens is 2. The summed E-state index contributed by atoms with van der Waals surface area (Å²) in [6.45, 7) is 0. The first-order chi connectivity index (χ1) is 8.25. The third kappa shape index (κ3) is 1.80. The van der Waals surface area contributed by atoms with Crippen LogP contribution in [0.1, 0.15) is 36.2 Å². The average molecular weight is 233 g/mol. The van der Waals surface area contributed by atoms with Crippen LogP contribution in [0.4, 0.5) is 0 Å². The summed E-state index contributed by atoms with van der Waals surface area (Å²) in [5.41, 5.74) is 0.404. The molecule has 1 aromatic rings. The van der Waals surface area contributed by atoms with Gasteiger partial charge >= 0.3 is 0 Å². The van der Waals surface area contributed by atoms with Gasteiger partial charge in [0.05, 0.1) is 12.3 Å². The van der Waals surface area contributed by atoms with E-state index in [0.717, 1.165) is 12.8 Å². The van der Waals surface area contributed by atoms with Gasteiger partial charge in [0.15, 0.2) is 0 Å². The van der Waals surface area contributed by atoms with Crippen LogP contribution in [-0.2, 0) is 0 Å². The highest BCUT2D eigenvalue weighted by molar-refractivity contribution is 5.92. The third-order valence-corrected chi connectivity index (χ3v) is 3.73. The predicted molar refractivity (Wildman–Crippen MR) is 60.3 cm³/mol. The SMILES string of the molecule is O=C(c1cnccn1)N1C2CCC1CC(O)C2. The largest absolute Gasteiger partial charge is 0.393 e. The number of carbonyl (C=O) groups is 1. The van der Waals surface area contributed by atoms with Crippen LogP contribution in [-0.4, -0.2) is 44.1 Å². The standard InChI is InChI=1S/C12H15N3O2/c16-10-5-8-1-2-9(6-10)15(8)12(17)11-7-13-3-4-14-11/h3-4,7-10,16H,1-2,5-6H2. The van der Waals surface area contributed by atoms with Crippen molar-refractivity contribution in [3.63, 3.8) is 0 Å². The van der Waals surface area contributed by atoms with Gasteiger partial charge in [-0.25, -0.2) is 4.98 Å². The van der Waals surface area contributed by atoms with Crippen LogP contribution in [0.5, 0.6) is 0 Å². The van der Waals surface area contributed by atoms with Crippen LogP contribution in [0, 0.1) is 0 Å². The third-order valence-electron chi connectivity index (χ3n) is 3.73. The Balaban J connectivity index is 1.84. The lowest BCUT2D eigenvalue weighted by atomic mass is 9.99. The number of hydrogen-bond acceptors (Lipinski definition) is 4. The van der Waals surface area contributed by atoms with Crippen LogP contribution >= 0.6 is 0 Å². The van der Waals surface area contributed by atoms with Gasteiger partial charge in [0.1, 0.15) is 5.69 Å². The number of nitrogens with zero attached hydrogens (tertiary/aromatic N) is 3. The topological polar surface area (TPSA) is 66.3 Å². The van der Waals surface area contributed by atoms with Gasteiger partial charge in [-0.3, -0.25) is 9.78 Å². The Bertz CT molecular complexity index is 409. The lowest BCUT2D eigenvalue weighted by Crippen LogP contribution is -2.48. The first-order valence-corrected chi connectivity index (χ1v) is 6.02. The number of aliphatic hydroxyl groups excluding tert-OH is 1. The van der Waals surface area contributed by atoms with E-state index in [-0.39, 0.29) is 24.1 Å². The van der Waals surface area contributed by atoms with Gasteiger partial charge in [0.2, 0.25) is 0 Å². The molecule has 1 amide bonds. The number of aliphatic hydroxyl groups is 1. The minimum Gasteiger partial charge on any atom is -0.393 e. The van der Waals surface area contributed by atoms with Gasteiger partial charge in [-0.2, -0.15) is 0 Å². The maximum Gasteiger partial charge on any atom is 0.274 e. The molecule has 3 rings (SSSR count). The zero-order chi connectivity index (χ0) is 11.8. The fraction of sp³-hybridized carbons (Fsp3) is 0.583. The smallest absolute Gasteiger partial charge is 0.274 e. The molecule has 0 saturated carbocycles. The summed E-state index contributed by atoms with van der Waals surface area (Å²) < 4.78 is 0. The fourth-order valence-electron chi connectivity index (χ4n) is 3.02. The molecule has 2 bridgehead atoms. The molecule has 1 aromatic heterocycles. The lowest BCUT2D eigenvalue weighted by Gasteiger charge is -2.36. The molecule has 2 saturated heterocycles. The average Bonchev–Trinajstić information content (AvgIpc) is 2.62. The molecular formula is C12H15N3O2. The van der Waals surface area contributed by atoms with Crippen molar-refractivity contribution in [2.24, 2.45) is 0 Å². The normalized spacial score (nSPS) is 31.6. The van der Waals surface area contributed by atoms with Gasteiger partial charge < -0.3 is 10.0 Å². The number of amides is 1. The molecule has 0 spiro atoms. The van der Waals surface area contributed by atoms with E-state index in [2.05, 4.69) is 9.97 Å². The van der Waals surface area contributed by atoms with Crippen molar-refractivity contribution in [1.82, 2.24) is 14.9 Å². The van der Waals surface area contributed by atoms with E-state index in [1.54, 1.807) is 6.20 Å². The minimum atomic E-state index is -0.251. The summed E-state index contributed by atoms with van der Waals surface area (Å²) in [5, 5.41) is 9.69. The molecule has 2 unspecified atom stereocenters. The molecule has 2 aliphatic rings. The molecule has 2 atom stereocenters. The van der Waals surface area contributed by atoms with Gasteiger partial charge in [0, 0.05) is 24.5 Å². The quantitative estimate of drug-likeness (QED) is 0.771. The highest BCUT2D eigenvalue weighted by atomic mass is 16.3. The number of hydrogen-bond donors (Lipinski definition) is 1. The van der Waals surface area contributed by atoms with E-state index < -0.39 is 0 Å². The number of fused-ring (bicyclic) bond motifs is 2. The van der Waals surface area contributed by atoms with E-state index in [1.807, 2.05) is 4.90 Å². The van der Waals surface area contributed by atoms with Crippen molar-refractivity contribution in [3.8, 4) is 0 Å². The molecule has 5 heteroatoms. The Morgan fingerprint density at radius 3 is 2.59 bits per heavy atom. The van der Waals surface area contributed by atoms with Crippen LogP contribution in [0.15, 0.2) is 18.6 Å². The van der Waals surface area contributed by atoms with Crippen molar-refractivity contribution < 1.29 is 9.90 Å². The Labute approximate surface area is 99.5 Å². The Hall–Kier alpha value is -1.49. The highest BCUT2D eigenvalue weighted by Gasteiger charge is 2.43. The minimum absolute atomic E-state index is 0.0440. The van der Waals surface area contributed by atoms with Gasteiger partial charge in [-0.15, -0.1) is 0 Å². The molecule has 3 heterocycles. The van der Waals surface area contributed by atoms with Crippen LogP contribution in [0.25, 0.3) is 0 Å². The summed E-state index contributed by atoms with van der Waals surface area (Å²) in [7, 11) is 0. The Morgan fingerprint density at radius 1 is 1.29 bits per heavy atom. The fourth-order valence-corrected chi connectivity index (χ4v) is 3.02. The van der Waals surface area contributed by atoms with Crippen LogP contribution in [0.3, 0.4) is 0 Å². The summed E-state index contributed by atoms with van der Waals surface area (Å²) in [4.78, 5) is 22.2. The number of rotatable bonds is 1. The van der Waals surface area contributed by atoms with Crippen LogP contribution in [0.2, 0.25) is 0 Å². The van der Waals surface area contributed by atoms with Crippen molar-refractivity contribution >= 4 is 5.91 Å². The lowest BCUT2D eigenvalue weighted by molar-refractivity contribution is 0.0282. The molecule has 1 N–H and O–H groups in total.